The highest BCUT2D eigenvalue weighted by atomic mass is 32.1. The molecule has 0 aliphatic heterocycles. The van der Waals surface area contributed by atoms with Crippen molar-refractivity contribution in [2.45, 2.75) is 39.8 Å². The summed E-state index contributed by atoms with van der Waals surface area (Å²) >= 11 is 1.31. The fourth-order valence-corrected chi connectivity index (χ4v) is 4.72. The van der Waals surface area contributed by atoms with Gasteiger partial charge < -0.3 is 24.9 Å². The molecule has 0 fully saturated rings. The van der Waals surface area contributed by atoms with E-state index in [0.29, 0.717) is 27.3 Å². The first-order valence-electron chi connectivity index (χ1n) is 10.8. The molecule has 34 heavy (non-hydrogen) atoms. The van der Waals surface area contributed by atoms with Crippen molar-refractivity contribution < 1.29 is 19.4 Å². The number of pyridine rings is 1. The van der Waals surface area contributed by atoms with Crippen LogP contribution in [0.25, 0.3) is 21.3 Å². The van der Waals surface area contributed by atoms with Crippen LogP contribution in [-0.2, 0) is 11.3 Å². The number of para-hydroxylation sites is 1. The molecular weight excluding hydrogens is 452 g/mol. The zero-order valence-electron chi connectivity index (χ0n) is 19.4. The zero-order valence-corrected chi connectivity index (χ0v) is 20.2. The van der Waals surface area contributed by atoms with Gasteiger partial charge in [-0.25, -0.2) is 4.79 Å². The Morgan fingerprint density at radius 3 is 2.50 bits per heavy atom. The molecular formula is C26H26N2O5S. The Bertz CT molecular complexity index is 1400. The summed E-state index contributed by atoms with van der Waals surface area (Å²) < 4.78 is 11.2. The molecule has 176 valence electrons. The Morgan fingerprint density at radius 2 is 1.79 bits per heavy atom. The van der Waals surface area contributed by atoms with E-state index in [9.17, 15) is 14.7 Å². The molecule has 0 aliphatic rings. The van der Waals surface area contributed by atoms with Gasteiger partial charge in [-0.1, -0.05) is 30.3 Å². The SMILES string of the molecule is Cc1c(CNC(=O)OC(C)(C)C)sc2[nH]c(=O)c(-c3cccc(Oc4ccccc4)c3)c(O)c12. The van der Waals surface area contributed by atoms with Crippen molar-refractivity contribution in [1.29, 1.82) is 0 Å². The van der Waals surface area contributed by atoms with Crippen LogP contribution in [0.4, 0.5) is 4.79 Å². The molecule has 8 heteroatoms. The standard InChI is InChI=1S/C26H26N2O5S/c1-15-19(14-27-25(31)33-26(2,3)4)34-24-20(15)22(29)21(23(30)28-24)16-9-8-12-18(13-16)32-17-10-6-5-7-11-17/h5-13H,14H2,1-4H3,(H,27,31)(H2,28,29,30). The van der Waals surface area contributed by atoms with Gasteiger partial charge in [-0.2, -0.15) is 0 Å². The highest BCUT2D eigenvalue weighted by Gasteiger charge is 2.21. The van der Waals surface area contributed by atoms with Crippen molar-refractivity contribution in [3.05, 3.63) is 75.4 Å². The first-order valence-corrected chi connectivity index (χ1v) is 11.6. The monoisotopic (exact) mass is 478 g/mol. The lowest BCUT2D eigenvalue weighted by Gasteiger charge is -2.19. The summed E-state index contributed by atoms with van der Waals surface area (Å²) in [6, 6.07) is 16.3. The lowest BCUT2D eigenvalue weighted by molar-refractivity contribution is 0.0524. The summed E-state index contributed by atoms with van der Waals surface area (Å²) in [5.41, 5.74) is 0.473. The molecule has 4 aromatic rings. The van der Waals surface area contributed by atoms with Crippen LogP contribution in [-0.4, -0.2) is 21.8 Å². The average molecular weight is 479 g/mol. The Hall–Kier alpha value is -3.78. The van der Waals surface area contributed by atoms with Crippen molar-refractivity contribution in [2.24, 2.45) is 0 Å². The maximum atomic E-state index is 12.9. The number of alkyl carbamates (subject to hydrolysis) is 1. The highest BCUT2D eigenvalue weighted by Crippen LogP contribution is 2.40. The molecule has 0 spiro atoms. The van der Waals surface area contributed by atoms with E-state index in [-0.39, 0.29) is 17.9 Å². The molecule has 3 N–H and O–H groups in total. The van der Waals surface area contributed by atoms with Crippen LogP contribution in [0.1, 0.15) is 31.2 Å². The van der Waals surface area contributed by atoms with Crippen LogP contribution in [0.2, 0.25) is 0 Å². The number of rotatable bonds is 5. The molecule has 2 aromatic carbocycles. The van der Waals surface area contributed by atoms with Crippen molar-refractivity contribution in [1.82, 2.24) is 10.3 Å². The van der Waals surface area contributed by atoms with E-state index in [1.165, 1.54) is 11.3 Å². The van der Waals surface area contributed by atoms with E-state index in [0.717, 1.165) is 10.4 Å². The molecule has 0 atom stereocenters. The summed E-state index contributed by atoms with van der Waals surface area (Å²) in [6.45, 7) is 7.45. The third kappa shape index (κ3) is 5.07. The predicted octanol–water partition coefficient (Wildman–Crippen LogP) is 6.09. The molecule has 2 heterocycles. The van der Waals surface area contributed by atoms with Crippen LogP contribution in [0, 0.1) is 6.92 Å². The van der Waals surface area contributed by atoms with Crippen LogP contribution < -0.4 is 15.6 Å². The van der Waals surface area contributed by atoms with Gasteiger partial charge in [-0.15, -0.1) is 11.3 Å². The van der Waals surface area contributed by atoms with Crippen molar-refractivity contribution in [2.75, 3.05) is 0 Å². The number of hydrogen-bond donors (Lipinski definition) is 3. The Morgan fingerprint density at radius 1 is 1.09 bits per heavy atom. The van der Waals surface area contributed by atoms with Crippen LogP contribution >= 0.6 is 11.3 Å². The highest BCUT2D eigenvalue weighted by molar-refractivity contribution is 7.18. The third-order valence-corrected chi connectivity index (χ3v) is 6.27. The second-order valence-electron chi connectivity index (χ2n) is 8.83. The quantitative estimate of drug-likeness (QED) is 0.322. The number of aromatic nitrogens is 1. The third-order valence-electron chi connectivity index (χ3n) is 5.07. The van der Waals surface area contributed by atoms with Gasteiger partial charge in [0.05, 0.1) is 17.5 Å². The minimum Gasteiger partial charge on any atom is -0.506 e. The molecule has 7 nitrogen and oxygen atoms in total. The van der Waals surface area contributed by atoms with Crippen molar-refractivity contribution >= 4 is 27.6 Å². The van der Waals surface area contributed by atoms with E-state index in [4.69, 9.17) is 9.47 Å². The Kier molecular flexibility index (Phi) is 6.34. The van der Waals surface area contributed by atoms with E-state index >= 15 is 0 Å². The minimum atomic E-state index is -0.601. The number of benzene rings is 2. The lowest BCUT2D eigenvalue weighted by Crippen LogP contribution is -2.32. The molecule has 2 aromatic heterocycles. The first-order chi connectivity index (χ1) is 16.1. The van der Waals surface area contributed by atoms with E-state index < -0.39 is 17.3 Å². The summed E-state index contributed by atoms with van der Waals surface area (Å²) in [6.07, 6.45) is -0.530. The first kappa shape index (κ1) is 23.4. The number of H-pyrrole nitrogens is 1. The summed E-state index contributed by atoms with van der Waals surface area (Å²) in [5, 5.41) is 14.4. The largest absolute Gasteiger partial charge is 0.506 e. The Labute approximate surface area is 201 Å². The van der Waals surface area contributed by atoms with Gasteiger partial charge in [-0.05, 0) is 63.1 Å². The average Bonchev–Trinajstić information content (AvgIpc) is 3.07. The van der Waals surface area contributed by atoms with Gasteiger partial charge in [0.1, 0.15) is 27.7 Å². The van der Waals surface area contributed by atoms with Gasteiger partial charge in [-0.3, -0.25) is 4.79 Å². The van der Waals surface area contributed by atoms with E-state index in [1.54, 1.807) is 45.0 Å². The molecule has 0 bridgehead atoms. The van der Waals surface area contributed by atoms with E-state index in [2.05, 4.69) is 10.3 Å². The summed E-state index contributed by atoms with van der Waals surface area (Å²) in [5.74, 6) is 1.11. The number of ether oxygens (including phenoxy) is 2. The normalized spacial score (nSPS) is 11.4. The zero-order chi connectivity index (χ0) is 24.5. The second-order valence-corrected chi connectivity index (χ2v) is 9.94. The van der Waals surface area contributed by atoms with Crippen LogP contribution in [0.3, 0.4) is 0 Å². The number of hydrogen-bond acceptors (Lipinski definition) is 6. The van der Waals surface area contributed by atoms with Crippen molar-refractivity contribution in [3.8, 4) is 28.4 Å². The fourth-order valence-electron chi connectivity index (χ4n) is 3.57. The van der Waals surface area contributed by atoms with Gasteiger partial charge in [0.15, 0.2) is 0 Å². The summed E-state index contributed by atoms with van der Waals surface area (Å²) in [4.78, 5) is 29.2. The van der Waals surface area contributed by atoms with Gasteiger partial charge in [0.2, 0.25) is 0 Å². The number of aromatic hydroxyl groups is 1. The van der Waals surface area contributed by atoms with Crippen LogP contribution in [0.5, 0.6) is 17.2 Å². The topological polar surface area (TPSA) is 101 Å². The maximum Gasteiger partial charge on any atom is 0.407 e. The number of amides is 1. The summed E-state index contributed by atoms with van der Waals surface area (Å²) in [7, 11) is 0. The molecule has 4 rings (SSSR count). The van der Waals surface area contributed by atoms with Gasteiger partial charge >= 0.3 is 6.09 Å². The number of carbonyl (C=O) groups is 1. The number of nitrogens with one attached hydrogen (secondary N) is 2. The molecule has 0 radical (unpaired) electrons. The number of carbonyl (C=O) groups excluding carboxylic acids is 1. The number of aromatic amines is 1. The van der Waals surface area contributed by atoms with Crippen LogP contribution in [0.15, 0.2) is 59.4 Å². The second kappa shape index (κ2) is 9.23. The molecule has 0 unspecified atom stereocenters. The van der Waals surface area contributed by atoms with Gasteiger partial charge in [0.25, 0.3) is 5.56 Å². The lowest BCUT2D eigenvalue weighted by atomic mass is 10.0. The molecule has 1 amide bonds. The Balaban J connectivity index is 1.66. The molecule has 0 saturated heterocycles. The fraction of sp³-hybridized carbons (Fsp3) is 0.231. The van der Waals surface area contributed by atoms with Crippen molar-refractivity contribution in [3.63, 3.8) is 0 Å². The number of aryl methyl sites for hydroxylation is 1. The van der Waals surface area contributed by atoms with E-state index in [1.807, 2.05) is 37.3 Å². The van der Waals surface area contributed by atoms with Gasteiger partial charge in [0, 0.05) is 4.88 Å². The smallest absolute Gasteiger partial charge is 0.407 e. The molecule has 0 aliphatic carbocycles. The maximum absolute atomic E-state index is 12.9. The molecule has 0 saturated carbocycles. The minimum absolute atomic E-state index is 0.104. The predicted molar refractivity (Wildman–Crippen MR) is 134 cm³/mol. The number of thiophene rings is 1. The number of fused-ring (bicyclic) bond motifs is 1.